The number of hydrogen-bond acceptors (Lipinski definition) is 9. The van der Waals surface area contributed by atoms with Crippen LogP contribution in [-0.2, 0) is 0 Å². The third kappa shape index (κ3) is 4.90. The quantitative estimate of drug-likeness (QED) is 0.367. The van der Waals surface area contributed by atoms with Crippen molar-refractivity contribution in [3.63, 3.8) is 0 Å². The van der Waals surface area contributed by atoms with Crippen molar-refractivity contribution >= 4 is 28.4 Å². The van der Waals surface area contributed by atoms with E-state index in [0.29, 0.717) is 23.4 Å². The first-order chi connectivity index (χ1) is 16.0. The smallest absolute Gasteiger partial charge is 0.277 e. The lowest BCUT2D eigenvalue weighted by molar-refractivity contribution is 0.0705. The molecule has 10 nitrogen and oxygen atoms in total. The van der Waals surface area contributed by atoms with E-state index in [2.05, 4.69) is 31.2 Å². The molecule has 0 saturated carbocycles. The standard InChI is InChI=1S/C23H28N6O4/c1-14-8-18(17-9-20(32-2)21(33-3)10-19(17)27-14)24-11-15-4-6-29(7-5-15)23-25-12-16(13-26-23)22(30)28-31/h8-10,12-13,15,31H,4-7,11H2,1-3H3,(H,24,27)(H,28,30). The molecule has 1 aliphatic rings. The van der Waals surface area contributed by atoms with Crippen molar-refractivity contribution in [1.29, 1.82) is 0 Å². The number of carbonyl (C=O) groups is 1. The summed E-state index contributed by atoms with van der Waals surface area (Å²) in [5, 5.41) is 13.3. The molecular formula is C23H28N6O4. The number of pyridine rings is 1. The molecule has 1 aliphatic heterocycles. The van der Waals surface area contributed by atoms with Crippen LogP contribution in [0, 0.1) is 12.8 Å². The third-order valence-corrected chi connectivity index (χ3v) is 5.92. The molecule has 3 N–H and O–H groups in total. The van der Waals surface area contributed by atoms with Gasteiger partial charge in [-0.3, -0.25) is 15.0 Å². The highest BCUT2D eigenvalue weighted by atomic mass is 16.5. The molecule has 0 spiro atoms. The number of nitrogens with zero attached hydrogens (tertiary/aromatic N) is 4. The minimum absolute atomic E-state index is 0.217. The second-order valence-electron chi connectivity index (χ2n) is 8.06. The van der Waals surface area contributed by atoms with Gasteiger partial charge in [0.15, 0.2) is 11.5 Å². The number of amides is 1. The second-order valence-corrected chi connectivity index (χ2v) is 8.06. The van der Waals surface area contributed by atoms with Gasteiger partial charge in [0.25, 0.3) is 5.91 Å². The molecule has 0 aliphatic carbocycles. The Balaban J connectivity index is 1.40. The molecule has 33 heavy (non-hydrogen) atoms. The summed E-state index contributed by atoms with van der Waals surface area (Å²) in [4.78, 5) is 26.7. The van der Waals surface area contributed by atoms with Gasteiger partial charge in [0.1, 0.15) is 0 Å². The molecule has 0 bridgehead atoms. The lowest BCUT2D eigenvalue weighted by Gasteiger charge is -2.32. The van der Waals surface area contributed by atoms with Crippen LogP contribution in [0.3, 0.4) is 0 Å². The lowest BCUT2D eigenvalue weighted by Crippen LogP contribution is -2.37. The largest absolute Gasteiger partial charge is 0.493 e. The molecule has 1 aromatic carbocycles. The number of nitrogens with one attached hydrogen (secondary N) is 2. The van der Waals surface area contributed by atoms with Crippen molar-refractivity contribution in [2.45, 2.75) is 19.8 Å². The van der Waals surface area contributed by atoms with E-state index in [0.717, 1.165) is 54.8 Å². The van der Waals surface area contributed by atoms with E-state index in [-0.39, 0.29) is 5.56 Å². The maximum absolute atomic E-state index is 11.4. The fourth-order valence-corrected chi connectivity index (χ4v) is 4.09. The number of benzene rings is 1. The topological polar surface area (TPSA) is 122 Å². The van der Waals surface area contributed by atoms with Crippen LogP contribution in [-0.4, -0.2) is 59.9 Å². The summed E-state index contributed by atoms with van der Waals surface area (Å²) in [6.07, 6.45) is 4.83. The van der Waals surface area contributed by atoms with Crippen LogP contribution in [0.5, 0.6) is 11.5 Å². The lowest BCUT2D eigenvalue weighted by atomic mass is 9.96. The Bertz CT molecular complexity index is 1130. The predicted molar refractivity (Wildman–Crippen MR) is 124 cm³/mol. The zero-order valence-electron chi connectivity index (χ0n) is 19.0. The van der Waals surface area contributed by atoms with Crippen molar-refractivity contribution in [2.24, 2.45) is 5.92 Å². The van der Waals surface area contributed by atoms with Gasteiger partial charge in [0, 0.05) is 54.9 Å². The molecule has 3 heterocycles. The van der Waals surface area contributed by atoms with E-state index in [1.165, 1.54) is 12.4 Å². The Morgan fingerprint density at radius 3 is 2.42 bits per heavy atom. The maximum atomic E-state index is 11.4. The zero-order chi connectivity index (χ0) is 23.4. The highest BCUT2D eigenvalue weighted by Crippen LogP contribution is 2.35. The van der Waals surface area contributed by atoms with E-state index in [4.69, 9.17) is 14.7 Å². The third-order valence-electron chi connectivity index (χ3n) is 5.92. The number of aromatic nitrogens is 3. The van der Waals surface area contributed by atoms with Crippen molar-refractivity contribution in [3.8, 4) is 11.5 Å². The molecule has 1 saturated heterocycles. The van der Waals surface area contributed by atoms with Crippen molar-refractivity contribution in [1.82, 2.24) is 20.4 Å². The van der Waals surface area contributed by atoms with E-state index in [9.17, 15) is 4.79 Å². The van der Waals surface area contributed by atoms with Crippen LogP contribution in [0.4, 0.5) is 11.6 Å². The van der Waals surface area contributed by atoms with Crippen LogP contribution < -0.4 is 25.2 Å². The summed E-state index contributed by atoms with van der Waals surface area (Å²) in [6, 6.07) is 5.92. The molecule has 0 unspecified atom stereocenters. The van der Waals surface area contributed by atoms with Crippen LogP contribution in [0.25, 0.3) is 10.9 Å². The number of rotatable bonds is 7. The van der Waals surface area contributed by atoms with E-state index in [1.54, 1.807) is 19.7 Å². The second kappa shape index (κ2) is 9.86. The van der Waals surface area contributed by atoms with Gasteiger partial charge in [-0.25, -0.2) is 15.4 Å². The maximum Gasteiger partial charge on any atom is 0.277 e. The summed E-state index contributed by atoms with van der Waals surface area (Å²) < 4.78 is 10.9. The molecule has 1 fully saturated rings. The van der Waals surface area contributed by atoms with Crippen molar-refractivity contribution < 1.29 is 19.5 Å². The van der Waals surface area contributed by atoms with Gasteiger partial charge in [-0.2, -0.15) is 0 Å². The number of piperidine rings is 1. The van der Waals surface area contributed by atoms with Crippen LogP contribution in [0.1, 0.15) is 28.9 Å². The molecule has 174 valence electrons. The highest BCUT2D eigenvalue weighted by molar-refractivity contribution is 5.94. The molecule has 10 heteroatoms. The van der Waals surface area contributed by atoms with E-state index in [1.807, 2.05) is 19.1 Å². The molecule has 4 rings (SSSR count). The summed E-state index contributed by atoms with van der Waals surface area (Å²) >= 11 is 0. The summed E-state index contributed by atoms with van der Waals surface area (Å²) in [6.45, 7) is 4.49. The number of hydrogen-bond donors (Lipinski definition) is 3. The Labute approximate surface area is 191 Å². The van der Waals surface area contributed by atoms with Gasteiger partial charge < -0.3 is 19.7 Å². The number of methoxy groups -OCH3 is 2. The molecule has 3 aromatic rings. The van der Waals surface area contributed by atoms with Gasteiger partial charge in [0.05, 0.1) is 25.3 Å². The van der Waals surface area contributed by atoms with Gasteiger partial charge in [-0.05, 0) is 37.8 Å². The van der Waals surface area contributed by atoms with Gasteiger partial charge in [-0.15, -0.1) is 0 Å². The van der Waals surface area contributed by atoms with Gasteiger partial charge >= 0.3 is 0 Å². The van der Waals surface area contributed by atoms with Gasteiger partial charge in [0.2, 0.25) is 5.95 Å². The van der Waals surface area contributed by atoms with Crippen LogP contribution in [0.2, 0.25) is 0 Å². The molecule has 0 radical (unpaired) electrons. The fraction of sp³-hybridized carbons (Fsp3) is 0.391. The Morgan fingerprint density at radius 2 is 1.79 bits per heavy atom. The Kier molecular flexibility index (Phi) is 6.74. The SMILES string of the molecule is COc1cc2nc(C)cc(NCC3CCN(c4ncc(C(=O)NO)cn4)CC3)c2cc1OC. The van der Waals surface area contributed by atoms with Crippen molar-refractivity contribution in [2.75, 3.05) is 44.1 Å². The summed E-state index contributed by atoms with van der Waals surface area (Å²) in [5.74, 6) is 1.81. The number of ether oxygens (including phenoxy) is 2. The van der Waals surface area contributed by atoms with Gasteiger partial charge in [-0.1, -0.05) is 0 Å². The minimum Gasteiger partial charge on any atom is -0.493 e. The first kappa shape index (κ1) is 22.5. The molecule has 1 amide bonds. The summed E-state index contributed by atoms with van der Waals surface area (Å²) in [7, 11) is 3.25. The first-order valence-corrected chi connectivity index (χ1v) is 10.8. The predicted octanol–water partition coefficient (Wildman–Crippen LogP) is 2.80. The summed E-state index contributed by atoms with van der Waals surface area (Å²) in [5.41, 5.74) is 4.62. The number of carbonyl (C=O) groups excluding carboxylic acids is 1. The number of fused-ring (bicyclic) bond motifs is 1. The highest BCUT2D eigenvalue weighted by Gasteiger charge is 2.22. The fourth-order valence-electron chi connectivity index (χ4n) is 4.09. The van der Waals surface area contributed by atoms with Crippen LogP contribution >= 0.6 is 0 Å². The van der Waals surface area contributed by atoms with E-state index < -0.39 is 5.91 Å². The normalized spacial score (nSPS) is 14.2. The van der Waals surface area contributed by atoms with E-state index >= 15 is 0 Å². The van der Waals surface area contributed by atoms with Crippen LogP contribution in [0.15, 0.2) is 30.6 Å². The number of anilines is 2. The average molecular weight is 453 g/mol. The molecular weight excluding hydrogens is 424 g/mol. The Morgan fingerprint density at radius 1 is 1.12 bits per heavy atom. The molecule has 0 atom stereocenters. The zero-order valence-corrected chi connectivity index (χ0v) is 19.0. The minimum atomic E-state index is -0.624. The molecule has 2 aromatic heterocycles. The Hall–Kier alpha value is -3.66. The number of hydroxylamine groups is 1. The first-order valence-electron chi connectivity index (χ1n) is 10.8. The van der Waals surface area contributed by atoms with Crippen molar-refractivity contribution in [3.05, 3.63) is 41.9 Å². The monoisotopic (exact) mass is 452 g/mol. The average Bonchev–Trinajstić information content (AvgIpc) is 2.86. The number of aryl methyl sites for hydroxylation is 1.